The quantitative estimate of drug-likeness (QED) is 0.789. The van der Waals surface area contributed by atoms with Crippen LogP contribution >= 0.6 is 0 Å². The lowest BCUT2D eigenvalue weighted by Gasteiger charge is -2.20. The number of hydrogen-bond donors (Lipinski definition) is 0. The number of Topliss-reactive ketones (excluding diaryl/α,β-unsaturated/α-hetero) is 1. The maximum absolute atomic E-state index is 12.6. The van der Waals surface area contributed by atoms with E-state index in [2.05, 4.69) is 0 Å². The second-order valence-corrected chi connectivity index (χ2v) is 6.26. The van der Waals surface area contributed by atoms with Gasteiger partial charge in [0.15, 0.2) is 11.4 Å². The lowest BCUT2D eigenvalue weighted by Crippen LogP contribution is -2.20. The van der Waals surface area contributed by atoms with Gasteiger partial charge in [0.25, 0.3) is 0 Å². The van der Waals surface area contributed by atoms with Crippen molar-refractivity contribution in [2.24, 2.45) is 24.8 Å². The predicted molar refractivity (Wildman–Crippen MR) is 74.7 cm³/mol. The summed E-state index contributed by atoms with van der Waals surface area (Å²) >= 11 is 0. The Morgan fingerprint density at radius 1 is 1.30 bits per heavy atom. The molecule has 0 saturated heterocycles. The summed E-state index contributed by atoms with van der Waals surface area (Å²) in [6, 6.07) is 5.36. The van der Waals surface area contributed by atoms with Crippen molar-refractivity contribution in [1.29, 1.82) is 0 Å². The Bertz CT molecular complexity index is 755. The largest absolute Gasteiger partial charge is 0.419 e. The van der Waals surface area contributed by atoms with Crippen LogP contribution in [0.15, 0.2) is 27.4 Å². The van der Waals surface area contributed by atoms with Crippen molar-refractivity contribution >= 4 is 16.9 Å². The van der Waals surface area contributed by atoms with Crippen molar-refractivity contribution < 1.29 is 9.21 Å². The van der Waals surface area contributed by atoms with E-state index >= 15 is 0 Å². The predicted octanol–water partition coefficient (Wildman–Crippen LogP) is 2.75. The topological polar surface area (TPSA) is 52.2 Å². The Morgan fingerprint density at radius 3 is 2.85 bits per heavy atom. The molecule has 0 radical (unpaired) electrons. The molecule has 2 bridgehead atoms. The van der Waals surface area contributed by atoms with E-state index in [0.717, 1.165) is 17.9 Å². The molecule has 3 unspecified atom stereocenters. The van der Waals surface area contributed by atoms with Crippen molar-refractivity contribution in [2.45, 2.75) is 25.7 Å². The normalized spacial score (nSPS) is 28.4. The third-order valence-electron chi connectivity index (χ3n) is 5.15. The first-order valence-corrected chi connectivity index (χ1v) is 7.27. The second-order valence-electron chi connectivity index (χ2n) is 6.26. The molecule has 4 nitrogen and oxygen atoms in total. The molecule has 1 aromatic heterocycles. The molecule has 1 aromatic carbocycles. The van der Waals surface area contributed by atoms with Gasteiger partial charge >= 0.3 is 5.76 Å². The van der Waals surface area contributed by atoms with Crippen LogP contribution in [0, 0.1) is 17.8 Å². The number of ketones is 1. The van der Waals surface area contributed by atoms with Gasteiger partial charge < -0.3 is 4.42 Å². The Hall–Kier alpha value is -1.84. The molecule has 20 heavy (non-hydrogen) atoms. The smallest absolute Gasteiger partial charge is 0.408 e. The van der Waals surface area contributed by atoms with Gasteiger partial charge in [0.2, 0.25) is 0 Å². The number of carbonyl (C=O) groups excluding carboxylic acids is 1. The summed E-state index contributed by atoms with van der Waals surface area (Å²) < 4.78 is 6.63. The molecule has 2 aliphatic carbocycles. The average molecular weight is 271 g/mol. The molecule has 2 aromatic rings. The fourth-order valence-corrected chi connectivity index (χ4v) is 4.07. The number of carbonyl (C=O) groups is 1. The minimum absolute atomic E-state index is 0.182. The zero-order valence-corrected chi connectivity index (χ0v) is 11.5. The molecule has 4 rings (SSSR count). The highest BCUT2D eigenvalue weighted by molar-refractivity contribution is 6.00. The minimum atomic E-state index is -0.385. The van der Waals surface area contributed by atoms with Gasteiger partial charge in [-0.15, -0.1) is 0 Å². The molecule has 2 saturated carbocycles. The van der Waals surface area contributed by atoms with Crippen LogP contribution in [0.1, 0.15) is 36.0 Å². The summed E-state index contributed by atoms with van der Waals surface area (Å²) in [6.45, 7) is 0. The third-order valence-corrected chi connectivity index (χ3v) is 5.15. The Balaban J connectivity index is 1.71. The Morgan fingerprint density at radius 2 is 2.15 bits per heavy atom. The van der Waals surface area contributed by atoms with E-state index in [9.17, 15) is 9.59 Å². The SMILES string of the molecule is Cn1c(=O)oc2cc(C(=O)C3CC4CCC3C4)ccc21. The van der Waals surface area contributed by atoms with Crippen LogP contribution in [0.4, 0.5) is 0 Å². The van der Waals surface area contributed by atoms with Crippen LogP contribution in [-0.4, -0.2) is 10.4 Å². The van der Waals surface area contributed by atoms with Crippen molar-refractivity contribution in [2.75, 3.05) is 0 Å². The molecule has 0 amide bonds. The van der Waals surface area contributed by atoms with E-state index in [1.807, 2.05) is 6.07 Å². The highest BCUT2D eigenvalue weighted by atomic mass is 16.4. The summed E-state index contributed by atoms with van der Waals surface area (Å²) in [5.41, 5.74) is 1.93. The number of benzene rings is 1. The molecule has 104 valence electrons. The first kappa shape index (κ1) is 11.9. The molecule has 2 fully saturated rings. The van der Waals surface area contributed by atoms with Gasteiger partial charge in [-0.1, -0.05) is 6.42 Å². The van der Waals surface area contributed by atoms with E-state index in [1.54, 1.807) is 19.2 Å². The third kappa shape index (κ3) is 1.60. The van der Waals surface area contributed by atoms with Gasteiger partial charge in [-0.25, -0.2) is 4.79 Å². The van der Waals surface area contributed by atoms with E-state index < -0.39 is 0 Å². The fraction of sp³-hybridized carbons (Fsp3) is 0.500. The molecular weight excluding hydrogens is 254 g/mol. The standard InChI is InChI=1S/C16H17NO3/c1-17-13-5-4-11(8-14(13)20-16(17)19)15(18)12-7-9-2-3-10(12)6-9/h4-5,8-10,12H,2-3,6-7H2,1H3. The highest BCUT2D eigenvalue weighted by Gasteiger charge is 2.43. The molecule has 0 N–H and O–H groups in total. The second kappa shape index (κ2) is 4.08. The van der Waals surface area contributed by atoms with Gasteiger partial charge in [0, 0.05) is 18.5 Å². The number of aromatic nitrogens is 1. The molecule has 4 heteroatoms. The minimum Gasteiger partial charge on any atom is -0.408 e. The molecule has 1 heterocycles. The average Bonchev–Trinajstić information content (AvgIpc) is 3.14. The number of oxazole rings is 1. The zero-order chi connectivity index (χ0) is 13.9. The van der Waals surface area contributed by atoms with Crippen LogP contribution in [0.3, 0.4) is 0 Å². The van der Waals surface area contributed by atoms with Crippen molar-refractivity contribution in [3.05, 3.63) is 34.3 Å². The monoisotopic (exact) mass is 271 g/mol. The number of fused-ring (bicyclic) bond motifs is 3. The van der Waals surface area contributed by atoms with Crippen LogP contribution in [0.25, 0.3) is 11.1 Å². The van der Waals surface area contributed by atoms with Gasteiger partial charge in [0.1, 0.15) is 0 Å². The molecule has 2 aliphatic rings. The van der Waals surface area contributed by atoms with Gasteiger partial charge in [-0.2, -0.15) is 0 Å². The Labute approximate surface area is 116 Å². The first-order chi connectivity index (χ1) is 9.63. The van der Waals surface area contributed by atoms with E-state index in [1.165, 1.54) is 23.8 Å². The number of rotatable bonds is 2. The van der Waals surface area contributed by atoms with Crippen LogP contribution < -0.4 is 5.76 Å². The maximum atomic E-state index is 12.6. The molecule has 0 spiro atoms. The summed E-state index contributed by atoms with van der Waals surface area (Å²) in [5.74, 6) is 1.36. The van der Waals surface area contributed by atoms with Crippen LogP contribution in [-0.2, 0) is 7.05 Å². The summed E-state index contributed by atoms with van der Waals surface area (Å²) in [4.78, 5) is 24.1. The van der Waals surface area contributed by atoms with E-state index in [-0.39, 0.29) is 17.5 Å². The first-order valence-electron chi connectivity index (χ1n) is 7.27. The van der Waals surface area contributed by atoms with E-state index in [4.69, 9.17) is 4.42 Å². The maximum Gasteiger partial charge on any atom is 0.419 e. The number of nitrogens with zero attached hydrogens (tertiary/aromatic N) is 1. The fourth-order valence-electron chi connectivity index (χ4n) is 4.07. The lowest BCUT2D eigenvalue weighted by molar-refractivity contribution is 0.0875. The van der Waals surface area contributed by atoms with Crippen molar-refractivity contribution in [1.82, 2.24) is 4.57 Å². The molecule has 0 aliphatic heterocycles. The molecule has 3 atom stereocenters. The van der Waals surface area contributed by atoms with Crippen molar-refractivity contribution in [3.8, 4) is 0 Å². The van der Waals surface area contributed by atoms with Gasteiger partial charge in [0.05, 0.1) is 5.52 Å². The number of aryl methyl sites for hydroxylation is 1. The summed E-state index contributed by atoms with van der Waals surface area (Å²) in [6.07, 6.45) is 4.75. The zero-order valence-electron chi connectivity index (χ0n) is 11.5. The number of hydrogen-bond acceptors (Lipinski definition) is 3. The summed E-state index contributed by atoms with van der Waals surface area (Å²) in [5, 5.41) is 0. The van der Waals surface area contributed by atoms with Crippen LogP contribution in [0.5, 0.6) is 0 Å². The van der Waals surface area contributed by atoms with Crippen LogP contribution in [0.2, 0.25) is 0 Å². The van der Waals surface area contributed by atoms with Gasteiger partial charge in [-0.3, -0.25) is 9.36 Å². The summed E-state index contributed by atoms with van der Waals surface area (Å²) in [7, 11) is 1.67. The lowest BCUT2D eigenvalue weighted by atomic mass is 9.83. The van der Waals surface area contributed by atoms with Crippen molar-refractivity contribution in [3.63, 3.8) is 0 Å². The highest BCUT2D eigenvalue weighted by Crippen LogP contribution is 2.49. The van der Waals surface area contributed by atoms with E-state index in [0.29, 0.717) is 17.1 Å². The Kier molecular flexibility index (Phi) is 2.43. The molecular formula is C16H17NO3. The van der Waals surface area contributed by atoms with Gasteiger partial charge in [-0.05, 0) is 49.3 Å².